The third kappa shape index (κ3) is 3.09. The Bertz CT molecular complexity index is 537. The van der Waals surface area contributed by atoms with Crippen LogP contribution >= 0.6 is 27.5 Å². The highest BCUT2D eigenvalue weighted by Gasteiger charge is 2.09. The number of benzene rings is 1. The molecule has 0 aliphatic carbocycles. The monoisotopic (exact) mass is 325 g/mol. The first-order valence-corrected chi connectivity index (χ1v) is 6.34. The molecule has 0 amide bonds. The first kappa shape index (κ1) is 13.1. The molecule has 0 saturated heterocycles. The lowest BCUT2D eigenvalue weighted by Gasteiger charge is -2.10. The lowest BCUT2D eigenvalue weighted by atomic mass is 10.2. The van der Waals surface area contributed by atoms with E-state index >= 15 is 0 Å². The van der Waals surface area contributed by atoms with Crippen molar-refractivity contribution in [2.75, 3.05) is 0 Å². The van der Waals surface area contributed by atoms with Crippen LogP contribution < -0.4 is 4.74 Å². The van der Waals surface area contributed by atoms with E-state index in [0.717, 1.165) is 12.0 Å². The van der Waals surface area contributed by atoms with E-state index in [4.69, 9.17) is 16.3 Å². The summed E-state index contributed by atoms with van der Waals surface area (Å²) in [6.45, 7) is 0.319. The zero-order valence-corrected chi connectivity index (χ0v) is 11.6. The molecular formula is C13H9BrClNO2. The molecule has 1 aromatic heterocycles. The molecule has 0 N–H and O–H groups in total. The summed E-state index contributed by atoms with van der Waals surface area (Å²) in [6.07, 6.45) is 2.43. The molecule has 0 spiro atoms. The van der Waals surface area contributed by atoms with Gasteiger partial charge in [0.2, 0.25) is 0 Å². The fourth-order valence-corrected chi connectivity index (χ4v) is 2.40. The maximum absolute atomic E-state index is 10.7. The molecule has 5 heteroatoms. The Kier molecular flexibility index (Phi) is 4.33. The SMILES string of the molecule is O=Cc1cc(Cl)c(OCc2ccccn2)c(Br)c1. The van der Waals surface area contributed by atoms with Crippen molar-refractivity contribution in [3.05, 3.63) is 57.3 Å². The molecule has 1 aromatic carbocycles. The molecule has 0 unspecified atom stereocenters. The number of rotatable bonds is 4. The van der Waals surface area contributed by atoms with Crippen molar-refractivity contribution in [1.29, 1.82) is 0 Å². The van der Waals surface area contributed by atoms with Gasteiger partial charge >= 0.3 is 0 Å². The average molecular weight is 327 g/mol. The van der Waals surface area contributed by atoms with Gasteiger partial charge in [0.05, 0.1) is 15.2 Å². The normalized spacial score (nSPS) is 10.1. The van der Waals surface area contributed by atoms with Crippen LogP contribution in [0.25, 0.3) is 0 Å². The first-order valence-electron chi connectivity index (χ1n) is 5.17. The molecule has 0 aliphatic heterocycles. The smallest absolute Gasteiger partial charge is 0.152 e. The Labute approximate surface area is 118 Å². The Morgan fingerprint density at radius 1 is 1.39 bits per heavy atom. The molecule has 2 aromatic rings. The maximum Gasteiger partial charge on any atom is 0.152 e. The van der Waals surface area contributed by atoms with Crippen molar-refractivity contribution in [2.24, 2.45) is 0 Å². The Morgan fingerprint density at radius 2 is 2.22 bits per heavy atom. The van der Waals surface area contributed by atoms with Crippen molar-refractivity contribution in [3.63, 3.8) is 0 Å². The van der Waals surface area contributed by atoms with Crippen LogP contribution in [0.2, 0.25) is 5.02 Å². The fraction of sp³-hybridized carbons (Fsp3) is 0.0769. The van der Waals surface area contributed by atoms with E-state index in [2.05, 4.69) is 20.9 Å². The van der Waals surface area contributed by atoms with Crippen LogP contribution in [0.4, 0.5) is 0 Å². The number of ether oxygens (including phenoxy) is 1. The minimum absolute atomic E-state index is 0.319. The Hall–Kier alpha value is -1.39. The van der Waals surface area contributed by atoms with Gasteiger partial charge in [-0.25, -0.2) is 0 Å². The van der Waals surface area contributed by atoms with E-state index in [1.807, 2.05) is 18.2 Å². The standard InChI is InChI=1S/C13H9BrClNO2/c14-11-5-9(7-17)6-12(15)13(11)18-8-10-3-1-2-4-16-10/h1-7H,8H2. The number of aldehydes is 1. The summed E-state index contributed by atoms with van der Waals surface area (Å²) in [5, 5.41) is 0.391. The van der Waals surface area contributed by atoms with Crippen LogP contribution in [0.1, 0.15) is 16.1 Å². The summed E-state index contributed by atoms with van der Waals surface area (Å²) in [5.41, 5.74) is 1.30. The molecule has 0 saturated carbocycles. The van der Waals surface area contributed by atoms with Crippen LogP contribution in [0.3, 0.4) is 0 Å². The van der Waals surface area contributed by atoms with Crippen molar-refractivity contribution in [2.45, 2.75) is 6.61 Å². The number of carbonyl (C=O) groups is 1. The lowest BCUT2D eigenvalue weighted by Crippen LogP contribution is -1.99. The third-order valence-electron chi connectivity index (χ3n) is 2.25. The van der Waals surface area contributed by atoms with Crippen LogP contribution in [-0.4, -0.2) is 11.3 Å². The van der Waals surface area contributed by atoms with Gasteiger partial charge in [0.15, 0.2) is 5.75 Å². The minimum atomic E-state index is 0.319. The molecule has 3 nitrogen and oxygen atoms in total. The summed E-state index contributed by atoms with van der Waals surface area (Å²) >= 11 is 9.37. The molecule has 2 rings (SSSR count). The summed E-state index contributed by atoms with van der Waals surface area (Å²) in [6, 6.07) is 8.81. The highest BCUT2D eigenvalue weighted by atomic mass is 79.9. The van der Waals surface area contributed by atoms with E-state index in [1.54, 1.807) is 18.3 Å². The van der Waals surface area contributed by atoms with E-state index in [0.29, 0.717) is 27.4 Å². The number of carbonyl (C=O) groups excluding carboxylic acids is 1. The van der Waals surface area contributed by atoms with E-state index in [-0.39, 0.29) is 0 Å². The zero-order valence-electron chi connectivity index (χ0n) is 9.27. The number of nitrogens with zero attached hydrogens (tertiary/aromatic N) is 1. The molecule has 1 heterocycles. The van der Waals surface area contributed by atoms with Gasteiger partial charge in [0, 0.05) is 11.8 Å². The quantitative estimate of drug-likeness (QED) is 0.800. The molecule has 0 bridgehead atoms. The Balaban J connectivity index is 2.17. The number of hydrogen-bond acceptors (Lipinski definition) is 3. The van der Waals surface area contributed by atoms with Crippen LogP contribution in [0.5, 0.6) is 5.75 Å². The van der Waals surface area contributed by atoms with Gasteiger partial charge in [0.1, 0.15) is 12.9 Å². The van der Waals surface area contributed by atoms with Gasteiger partial charge in [-0.05, 0) is 40.2 Å². The number of aromatic nitrogens is 1. The topological polar surface area (TPSA) is 39.2 Å². The summed E-state index contributed by atoms with van der Waals surface area (Å²) in [5.74, 6) is 0.507. The van der Waals surface area contributed by atoms with Crippen LogP contribution in [-0.2, 0) is 6.61 Å². The van der Waals surface area contributed by atoms with Crippen LogP contribution in [0, 0.1) is 0 Å². The first-order chi connectivity index (χ1) is 8.70. The number of pyridine rings is 1. The second kappa shape index (κ2) is 5.98. The van der Waals surface area contributed by atoms with E-state index in [9.17, 15) is 4.79 Å². The molecule has 18 heavy (non-hydrogen) atoms. The van der Waals surface area contributed by atoms with E-state index in [1.165, 1.54) is 0 Å². The van der Waals surface area contributed by atoms with Gasteiger partial charge in [-0.2, -0.15) is 0 Å². The van der Waals surface area contributed by atoms with Gasteiger partial charge in [-0.15, -0.1) is 0 Å². The summed E-state index contributed by atoms with van der Waals surface area (Å²) < 4.78 is 6.24. The van der Waals surface area contributed by atoms with Gasteiger partial charge in [0.25, 0.3) is 0 Å². The second-order valence-corrected chi connectivity index (χ2v) is 4.80. The van der Waals surface area contributed by atoms with Crippen molar-refractivity contribution >= 4 is 33.8 Å². The van der Waals surface area contributed by atoms with Crippen molar-refractivity contribution in [3.8, 4) is 5.75 Å². The average Bonchev–Trinajstić information content (AvgIpc) is 2.38. The molecule has 0 fully saturated rings. The number of halogens is 2. The fourth-order valence-electron chi connectivity index (χ4n) is 1.42. The summed E-state index contributed by atoms with van der Waals surface area (Å²) in [7, 11) is 0. The predicted molar refractivity (Wildman–Crippen MR) is 73.1 cm³/mol. The van der Waals surface area contributed by atoms with Crippen molar-refractivity contribution < 1.29 is 9.53 Å². The summed E-state index contributed by atoms with van der Waals surface area (Å²) in [4.78, 5) is 14.8. The molecule has 0 radical (unpaired) electrons. The highest BCUT2D eigenvalue weighted by molar-refractivity contribution is 9.10. The van der Waals surface area contributed by atoms with E-state index < -0.39 is 0 Å². The maximum atomic E-state index is 10.7. The number of hydrogen-bond donors (Lipinski definition) is 0. The predicted octanol–water partition coefficient (Wildman–Crippen LogP) is 3.89. The lowest BCUT2D eigenvalue weighted by molar-refractivity contribution is 0.112. The van der Waals surface area contributed by atoms with Gasteiger partial charge < -0.3 is 4.74 Å². The molecule has 0 aliphatic rings. The second-order valence-electron chi connectivity index (χ2n) is 3.54. The molecule has 92 valence electrons. The molecule has 0 atom stereocenters. The highest BCUT2D eigenvalue weighted by Crippen LogP contribution is 2.34. The van der Waals surface area contributed by atoms with Gasteiger partial charge in [-0.1, -0.05) is 17.7 Å². The minimum Gasteiger partial charge on any atom is -0.485 e. The zero-order chi connectivity index (χ0) is 13.0. The van der Waals surface area contributed by atoms with Gasteiger partial charge in [-0.3, -0.25) is 9.78 Å². The van der Waals surface area contributed by atoms with Crippen molar-refractivity contribution in [1.82, 2.24) is 4.98 Å². The third-order valence-corrected chi connectivity index (χ3v) is 3.12. The largest absolute Gasteiger partial charge is 0.485 e. The molecular weight excluding hydrogens is 318 g/mol. The van der Waals surface area contributed by atoms with Crippen LogP contribution in [0.15, 0.2) is 41.0 Å². The Morgan fingerprint density at radius 3 is 2.83 bits per heavy atom.